The minimum atomic E-state index is -0.472. The topological polar surface area (TPSA) is 71.1 Å². The van der Waals surface area contributed by atoms with Crippen LogP contribution in [0.5, 0.6) is 0 Å². The van der Waals surface area contributed by atoms with E-state index in [-0.39, 0.29) is 11.7 Å². The number of nitrogens with zero attached hydrogens (tertiary/aromatic N) is 1. The van der Waals surface area contributed by atoms with Crippen LogP contribution < -0.4 is 10.6 Å². The smallest absolute Gasteiger partial charge is 0.254 e. The maximum atomic E-state index is 13.5. The van der Waals surface area contributed by atoms with Gasteiger partial charge in [0.1, 0.15) is 5.82 Å². The van der Waals surface area contributed by atoms with E-state index in [1.165, 1.54) is 18.2 Å². The second-order valence-corrected chi connectivity index (χ2v) is 7.01. The van der Waals surface area contributed by atoms with Crippen LogP contribution in [0.1, 0.15) is 37.7 Å². The highest BCUT2D eigenvalue weighted by atomic mass is 19.1. The van der Waals surface area contributed by atoms with Crippen molar-refractivity contribution in [1.29, 1.82) is 0 Å². The molecular weight excluding hydrogens is 357 g/mol. The summed E-state index contributed by atoms with van der Waals surface area (Å²) in [4.78, 5) is 30.0. The number of ketones is 1. The summed E-state index contributed by atoms with van der Waals surface area (Å²) in [7, 11) is 0. The number of carbonyl (C=O) groups is 2. The number of aromatic nitrogens is 1. The van der Waals surface area contributed by atoms with Gasteiger partial charge in [-0.05, 0) is 55.7 Å². The molecule has 0 radical (unpaired) electrons. The van der Waals surface area contributed by atoms with E-state index in [1.54, 1.807) is 18.5 Å². The van der Waals surface area contributed by atoms with Gasteiger partial charge in [0.05, 0.1) is 0 Å². The predicted molar refractivity (Wildman–Crippen MR) is 104 cm³/mol. The van der Waals surface area contributed by atoms with Gasteiger partial charge < -0.3 is 10.6 Å². The van der Waals surface area contributed by atoms with Gasteiger partial charge >= 0.3 is 0 Å². The molecule has 0 fully saturated rings. The van der Waals surface area contributed by atoms with E-state index in [0.717, 1.165) is 24.1 Å². The van der Waals surface area contributed by atoms with E-state index in [4.69, 9.17) is 0 Å². The van der Waals surface area contributed by atoms with Crippen molar-refractivity contribution in [1.82, 2.24) is 10.3 Å². The third kappa shape index (κ3) is 3.33. The molecule has 2 N–H and O–H groups in total. The first-order valence-electron chi connectivity index (χ1n) is 9.25. The standard InChI is InChI=1S/C22H20FN3O2/c1-13-19(22(28)26-16-5-2-4-15(23)12-16)20(14-8-10-24-11-9-14)21-17(25-13)6-3-7-18(21)27/h2,4-5,8-12,20,25H,3,6-7H2,1H3,(H,26,28). The molecule has 0 spiro atoms. The van der Waals surface area contributed by atoms with Crippen LogP contribution in [0.4, 0.5) is 10.1 Å². The van der Waals surface area contributed by atoms with Crippen LogP contribution in [-0.4, -0.2) is 16.7 Å². The van der Waals surface area contributed by atoms with E-state index in [9.17, 15) is 14.0 Å². The molecular formula is C22H20FN3O2. The molecule has 2 aliphatic rings. The van der Waals surface area contributed by atoms with Crippen LogP contribution in [0.2, 0.25) is 0 Å². The van der Waals surface area contributed by atoms with Gasteiger partial charge in [0.15, 0.2) is 5.78 Å². The molecule has 0 bridgehead atoms. The SMILES string of the molecule is CC1=C(C(=O)Nc2cccc(F)c2)C(c2ccncc2)C2=C(CCCC2=O)N1. The Morgan fingerprint density at radius 3 is 2.75 bits per heavy atom. The largest absolute Gasteiger partial charge is 0.362 e. The first kappa shape index (κ1) is 18.1. The van der Waals surface area contributed by atoms with Gasteiger partial charge in [-0.1, -0.05) is 6.07 Å². The van der Waals surface area contributed by atoms with Gasteiger partial charge in [-0.15, -0.1) is 0 Å². The number of hydrogen-bond acceptors (Lipinski definition) is 4. The second-order valence-electron chi connectivity index (χ2n) is 7.01. The van der Waals surface area contributed by atoms with Gasteiger partial charge in [0, 0.05) is 53.0 Å². The van der Waals surface area contributed by atoms with Gasteiger partial charge in [0.2, 0.25) is 0 Å². The first-order valence-corrected chi connectivity index (χ1v) is 9.25. The summed E-state index contributed by atoms with van der Waals surface area (Å²) < 4.78 is 13.5. The third-order valence-corrected chi connectivity index (χ3v) is 5.14. The molecule has 1 aromatic heterocycles. The zero-order chi connectivity index (χ0) is 19.7. The maximum Gasteiger partial charge on any atom is 0.254 e. The van der Waals surface area contributed by atoms with Crippen molar-refractivity contribution in [3.8, 4) is 0 Å². The molecule has 1 amide bonds. The average Bonchev–Trinajstić information content (AvgIpc) is 2.67. The van der Waals surface area contributed by atoms with Gasteiger partial charge in [0.25, 0.3) is 5.91 Å². The van der Waals surface area contributed by atoms with Crippen molar-refractivity contribution >= 4 is 17.4 Å². The van der Waals surface area contributed by atoms with Crippen LogP contribution >= 0.6 is 0 Å². The average molecular weight is 377 g/mol. The van der Waals surface area contributed by atoms with Crippen LogP contribution in [0.25, 0.3) is 0 Å². The minimum absolute atomic E-state index is 0.0547. The van der Waals surface area contributed by atoms with Gasteiger partial charge in [-0.3, -0.25) is 14.6 Å². The van der Waals surface area contributed by atoms with Crippen molar-refractivity contribution in [2.45, 2.75) is 32.1 Å². The number of halogens is 1. The Morgan fingerprint density at radius 2 is 2.00 bits per heavy atom. The lowest BCUT2D eigenvalue weighted by Gasteiger charge is -2.34. The molecule has 28 heavy (non-hydrogen) atoms. The lowest BCUT2D eigenvalue weighted by molar-refractivity contribution is -0.116. The normalized spacial score (nSPS) is 19.2. The molecule has 1 aliphatic heterocycles. The van der Waals surface area contributed by atoms with Crippen LogP contribution in [-0.2, 0) is 9.59 Å². The van der Waals surface area contributed by atoms with Crippen LogP contribution in [0.15, 0.2) is 71.3 Å². The van der Waals surface area contributed by atoms with E-state index in [1.807, 2.05) is 19.1 Å². The third-order valence-electron chi connectivity index (χ3n) is 5.14. The van der Waals surface area contributed by atoms with Crippen molar-refractivity contribution in [3.05, 3.63) is 82.7 Å². The van der Waals surface area contributed by atoms with Crippen LogP contribution in [0, 0.1) is 5.82 Å². The summed E-state index contributed by atoms with van der Waals surface area (Å²) in [6, 6.07) is 9.40. The number of rotatable bonds is 3. The highest BCUT2D eigenvalue weighted by Gasteiger charge is 2.38. The molecule has 0 saturated carbocycles. The Balaban J connectivity index is 1.77. The molecule has 1 aromatic carbocycles. The number of Topliss-reactive ketones (excluding diaryl/α,β-unsaturated/α-hetero) is 1. The molecule has 142 valence electrons. The molecule has 6 heteroatoms. The Kier molecular flexibility index (Phi) is 4.77. The fraction of sp³-hybridized carbons (Fsp3) is 0.227. The number of dihydropyridines is 1. The highest BCUT2D eigenvalue weighted by Crippen LogP contribution is 2.42. The fourth-order valence-electron chi connectivity index (χ4n) is 3.94. The maximum absolute atomic E-state index is 13.5. The number of allylic oxidation sites excluding steroid dienone is 3. The summed E-state index contributed by atoms with van der Waals surface area (Å²) >= 11 is 0. The molecule has 1 unspecified atom stereocenters. The Labute approximate surface area is 162 Å². The summed E-state index contributed by atoms with van der Waals surface area (Å²) in [6.45, 7) is 1.83. The molecule has 1 atom stereocenters. The monoisotopic (exact) mass is 377 g/mol. The summed E-state index contributed by atoms with van der Waals surface area (Å²) in [5.74, 6) is -1.20. The van der Waals surface area contributed by atoms with E-state index in [2.05, 4.69) is 15.6 Å². The number of carbonyl (C=O) groups excluding carboxylic acids is 2. The zero-order valence-corrected chi connectivity index (χ0v) is 15.5. The van der Waals surface area contributed by atoms with Gasteiger partial charge in [-0.2, -0.15) is 0 Å². The number of pyridine rings is 1. The van der Waals surface area contributed by atoms with Crippen molar-refractivity contribution in [3.63, 3.8) is 0 Å². The Bertz CT molecular complexity index is 1010. The first-order chi connectivity index (χ1) is 13.5. The van der Waals surface area contributed by atoms with E-state index in [0.29, 0.717) is 29.0 Å². The van der Waals surface area contributed by atoms with Crippen molar-refractivity contribution in [2.24, 2.45) is 0 Å². The molecule has 0 saturated heterocycles. The highest BCUT2D eigenvalue weighted by molar-refractivity contribution is 6.09. The predicted octanol–water partition coefficient (Wildman–Crippen LogP) is 3.83. The fourth-order valence-corrected chi connectivity index (χ4v) is 3.94. The summed E-state index contributed by atoms with van der Waals surface area (Å²) in [6.07, 6.45) is 5.36. The Hall–Kier alpha value is -3.28. The molecule has 2 heterocycles. The number of hydrogen-bond donors (Lipinski definition) is 2. The number of nitrogens with one attached hydrogen (secondary N) is 2. The molecule has 1 aliphatic carbocycles. The molecule has 4 rings (SSSR count). The summed E-state index contributed by atoms with van der Waals surface area (Å²) in [5, 5.41) is 6.03. The lowest BCUT2D eigenvalue weighted by atomic mass is 9.75. The number of anilines is 1. The number of amides is 1. The van der Waals surface area contributed by atoms with Crippen molar-refractivity contribution in [2.75, 3.05) is 5.32 Å². The quantitative estimate of drug-likeness (QED) is 0.853. The van der Waals surface area contributed by atoms with Gasteiger partial charge in [-0.25, -0.2) is 4.39 Å². The zero-order valence-electron chi connectivity index (χ0n) is 15.5. The molecule has 2 aromatic rings. The number of benzene rings is 1. The van der Waals surface area contributed by atoms with Crippen LogP contribution in [0.3, 0.4) is 0 Å². The van der Waals surface area contributed by atoms with Crippen molar-refractivity contribution < 1.29 is 14.0 Å². The van der Waals surface area contributed by atoms with E-state index < -0.39 is 11.7 Å². The summed E-state index contributed by atoms with van der Waals surface area (Å²) in [5.41, 5.74) is 3.90. The second kappa shape index (κ2) is 7.38. The molecule has 5 nitrogen and oxygen atoms in total. The Morgan fingerprint density at radius 1 is 1.21 bits per heavy atom. The van der Waals surface area contributed by atoms with E-state index >= 15 is 0 Å². The minimum Gasteiger partial charge on any atom is -0.362 e. The lowest BCUT2D eigenvalue weighted by Crippen LogP contribution is -2.35.